The quantitative estimate of drug-likeness (QED) is 0.0169. The van der Waals surface area contributed by atoms with Gasteiger partial charge < -0.3 is 93.6 Å². The number of primary amides is 1. The molecule has 0 aromatic rings. The van der Waals surface area contributed by atoms with Crippen molar-refractivity contribution < 1.29 is 96.2 Å². The summed E-state index contributed by atoms with van der Waals surface area (Å²) in [5, 5.41) is 39.2. The molecule has 9 amide bonds. The van der Waals surface area contributed by atoms with Crippen LogP contribution in [-0.4, -0.2) is 193 Å². The van der Waals surface area contributed by atoms with Gasteiger partial charge in [-0.15, -0.1) is 0 Å². The van der Waals surface area contributed by atoms with E-state index in [1.165, 1.54) is 13.8 Å². The summed E-state index contributed by atoms with van der Waals surface area (Å²) in [5.74, 6) is -14.3. The Bertz CT molecular complexity index is 2130. The smallest absolute Gasteiger partial charge is 0.330 e. The number of hydrogen-bond acceptors (Lipinski definition) is 22. The molecule has 31 heteroatoms. The maximum Gasteiger partial charge on any atom is 0.330 e. The lowest BCUT2D eigenvalue weighted by Crippen LogP contribution is -2.69. The average Bonchev–Trinajstić information content (AvgIpc) is 3.34. The van der Waals surface area contributed by atoms with Crippen LogP contribution in [0.4, 0.5) is 0 Å². The Labute approximate surface area is 450 Å². The van der Waals surface area contributed by atoms with Gasteiger partial charge in [-0.25, -0.2) is 4.79 Å². The molecule has 16 N–H and O–H groups in total. The van der Waals surface area contributed by atoms with Crippen molar-refractivity contribution in [1.82, 2.24) is 42.5 Å². The minimum atomic E-state index is -2.03. The van der Waals surface area contributed by atoms with Gasteiger partial charge in [0.15, 0.2) is 24.5 Å². The zero-order chi connectivity index (χ0) is 59.7. The minimum Gasteiger partial charge on any atom is -0.467 e. The third-order valence-electron chi connectivity index (χ3n) is 11.6. The molecule has 78 heavy (non-hydrogen) atoms. The van der Waals surface area contributed by atoms with Gasteiger partial charge >= 0.3 is 23.9 Å². The van der Waals surface area contributed by atoms with Crippen LogP contribution in [0.3, 0.4) is 0 Å². The number of nitrogens with one attached hydrogen (secondary N) is 8. The minimum absolute atomic E-state index is 0.131. The number of methoxy groups -OCH3 is 1. The van der Waals surface area contributed by atoms with Gasteiger partial charge in [0.2, 0.25) is 53.2 Å². The van der Waals surface area contributed by atoms with Crippen molar-refractivity contribution in [3.63, 3.8) is 0 Å². The Hall–Kier alpha value is -7.09. The van der Waals surface area contributed by atoms with Crippen LogP contribution < -0.4 is 59.7 Å². The van der Waals surface area contributed by atoms with Crippen molar-refractivity contribution >= 4 is 77.0 Å². The summed E-state index contributed by atoms with van der Waals surface area (Å²) in [4.78, 5) is 171. The third kappa shape index (κ3) is 23.7. The second-order valence-corrected chi connectivity index (χ2v) is 19.0. The zero-order valence-corrected chi connectivity index (χ0v) is 45.5. The molecule has 0 unspecified atom stereocenters. The lowest BCUT2D eigenvalue weighted by molar-refractivity contribution is -0.228. The standard InChI is InChI=1S/C47H79N11O20/c1-20(2)34(50)43(70)53-28(14-15-32(49)65)41(68)52-27(13-11-12-16-48)40(67)54-29(42(69)57-35(21(3)4)44(71)58-36(22(5)60)45(72)55-30(18-59)47(73)74-10)17-33(66)56-46-37(51-23(6)61)39(77-26(9)64)38(76-25(8)63)31(78-46)19-75-24(7)62/h20-22,27-31,34-39,46,59-60H,11-19,48,50H2,1-10H3,(H2,49,65)(H,51,61)(H,52,68)(H,53,70)(H,54,67)(H,55,72)(H,56,66)(H,57,69)(H,58,71)/t22-,27+,28+,29+,30+,31-,34+,35+,36+,37-,38-,39-,46-/m1/s1. The summed E-state index contributed by atoms with van der Waals surface area (Å²) in [6.07, 6.45) is -9.64. The van der Waals surface area contributed by atoms with Gasteiger partial charge in [-0.2, -0.15) is 0 Å². The highest BCUT2D eigenvalue weighted by atomic mass is 16.6. The summed E-state index contributed by atoms with van der Waals surface area (Å²) >= 11 is 0. The second kappa shape index (κ2) is 33.9. The molecule has 1 rings (SSSR count). The molecule has 0 aromatic carbocycles. The van der Waals surface area contributed by atoms with Gasteiger partial charge in [-0.3, -0.25) is 57.5 Å². The monoisotopic (exact) mass is 1120 g/mol. The summed E-state index contributed by atoms with van der Waals surface area (Å²) < 4.78 is 26.6. The lowest BCUT2D eigenvalue weighted by Gasteiger charge is -2.45. The van der Waals surface area contributed by atoms with Crippen molar-refractivity contribution in [2.45, 2.75) is 180 Å². The molecule has 0 radical (unpaired) electrons. The molecule has 1 fully saturated rings. The number of carbonyl (C=O) groups excluding carboxylic acids is 13. The highest BCUT2D eigenvalue weighted by molar-refractivity contribution is 5.99. The number of hydrogen-bond donors (Lipinski definition) is 13. The van der Waals surface area contributed by atoms with Gasteiger partial charge in [0.25, 0.3) is 0 Å². The maximum atomic E-state index is 14.6. The number of aliphatic hydroxyl groups is 2. The fraction of sp³-hybridized carbons (Fsp3) is 0.723. The Balaban J connectivity index is 3.98. The zero-order valence-electron chi connectivity index (χ0n) is 45.5. The number of unbranched alkanes of at least 4 members (excludes halogenated alkanes) is 1. The summed E-state index contributed by atoms with van der Waals surface area (Å²) in [5.41, 5.74) is 17.1. The Kier molecular flexibility index (Phi) is 30.0. The first-order valence-electron chi connectivity index (χ1n) is 25.0. The van der Waals surface area contributed by atoms with E-state index in [-0.39, 0.29) is 25.8 Å². The van der Waals surface area contributed by atoms with Crippen molar-refractivity contribution in [3.05, 3.63) is 0 Å². The van der Waals surface area contributed by atoms with Crippen LogP contribution in [0, 0.1) is 11.8 Å². The van der Waals surface area contributed by atoms with E-state index in [0.717, 1.165) is 41.7 Å². The molecule has 0 spiro atoms. The van der Waals surface area contributed by atoms with E-state index >= 15 is 0 Å². The average molecular weight is 1120 g/mol. The first-order chi connectivity index (χ1) is 36.4. The van der Waals surface area contributed by atoms with Crippen LogP contribution in [-0.2, 0) is 86.0 Å². The molecule has 0 aliphatic carbocycles. The molecule has 13 atom stereocenters. The van der Waals surface area contributed by atoms with Crippen molar-refractivity contribution in [2.75, 3.05) is 26.9 Å². The van der Waals surface area contributed by atoms with E-state index in [9.17, 15) is 72.5 Å². The van der Waals surface area contributed by atoms with Crippen LogP contribution in [0.1, 0.15) is 101 Å². The van der Waals surface area contributed by atoms with Crippen LogP contribution in [0.2, 0.25) is 0 Å². The highest BCUT2D eigenvalue weighted by Gasteiger charge is 2.51. The lowest BCUT2D eigenvalue weighted by atomic mass is 9.94. The molecule has 31 nitrogen and oxygen atoms in total. The Morgan fingerprint density at radius 1 is 0.615 bits per heavy atom. The number of ether oxygens (including phenoxy) is 5. The highest BCUT2D eigenvalue weighted by Crippen LogP contribution is 2.27. The molecule has 1 saturated heterocycles. The van der Waals surface area contributed by atoms with Gasteiger partial charge in [0, 0.05) is 34.1 Å². The first kappa shape index (κ1) is 68.9. The number of nitrogens with two attached hydrogens (primary N) is 3. The molecular formula is C47H79N11O20. The van der Waals surface area contributed by atoms with E-state index in [1.807, 2.05) is 0 Å². The molecule has 0 saturated carbocycles. The molecule has 0 aromatic heterocycles. The van der Waals surface area contributed by atoms with Crippen molar-refractivity contribution in [3.8, 4) is 0 Å². The Morgan fingerprint density at radius 3 is 1.62 bits per heavy atom. The molecule has 1 aliphatic heterocycles. The van der Waals surface area contributed by atoms with Crippen molar-refractivity contribution in [1.29, 1.82) is 0 Å². The van der Waals surface area contributed by atoms with Gasteiger partial charge in [0.05, 0.1) is 32.3 Å². The number of aliphatic hydroxyl groups excluding tert-OH is 2. The van der Waals surface area contributed by atoms with Crippen LogP contribution >= 0.6 is 0 Å². The van der Waals surface area contributed by atoms with E-state index in [1.54, 1.807) is 13.8 Å². The largest absolute Gasteiger partial charge is 0.467 e. The number of esters is 4. The number of amides is 9. The number of rotatable bonds is 32. The van der Waals surface area contributed by atoms with Crippen LogP contribution in [0.15, 0.2) is 0 Å². The van der Waals surface area contributed by atoms with E-state index in [4.69, 9.17) is 36.1 Å². The van der Waals surface area contributed by atoms with E-state index in [2.05, 4.69) is 47.3 Å². The summed E-state index contributed by atoms with van der Waals surface area (Å²) in [6.45, 7) is 9.91. The van der Waals surface area contributed by atoms with Gasteiger partial charge in [0.1, 0.15) is 49.0 Å². The third-order valence-corrected chi connectivity index (χ3v) is 11.6. The van der Waals surface area contributed by atoms with Crippen LogP contribution in [0.5, 0.6) is 0 Å². The molecule has 442 valence electrons. The second-order valence-electron chi connectivity index (χ2n) is 19.0. The van der Waals surface area contributed by atoms with Crippen molar-refractivity contribution in [2.24, 2.45) is 29.0 Å². The molecule has 1 heterocycles. The SMILES string of the molecule is COC(=O)[C@H](CO)NC(=O)[C@@H](NC(=O)[C@@H](NC(=O)[C@H](CC(=O)N[C@@H]1O[C@H](COC(C)=O)[C@@H](OC(C)=O)[C@H](OC(C)=O)[C@H]1NC(C)=O)NC(=O)[C@H](CCCCN)NC(=O)[C@H](CCC(N)=O)NC(=O)[C@@H](N)C(C)C)C(C)C)[C@@H](C)O. The normalized spacial score (nSPS) is 20.0. The van der Waals surface area contributed by atoms with Gasteiger partial charge in [-0.05, 0) is 51.0 Å². The molecule has 0 bridgehead atoms. The Morgan fingerprint density at radius 2 is 1.13 bits per heavy atom. The maximum absolute atomic E-state index is 14.6. The fourth-order valence-electron chi connectivity index (χ4n) is 7.52. The summed E-state index contributed by atoms with van der Waals surface area (Å²) in [6, 6.07) is -12.9. The first-order valence-corrected chi connectivity index (χ1v) is 25.0. The molecule has 1 aliphatic rings. The van der Waals surface area contributed by atoms with E-state index < -0.39 is 194 Å². The number of carbonyl (C=O) groups is 13. The fourth-order valence-corrected chi connectivity index (χ4v) is 7.52. The predicted octanol–water partition coefficient (Wildman–Crippen LogP) is -6.36. The predicted molar refractivity (Wildman–Crippen MR) is 268 cm³/mol. The van der Waals surface area contributed by atoms with Crippen LogP contribution in [0.25, 0.3) is 0 Å². The summed E-state index contributed by atoms with van der Waals surface area (Å²) in [7, 11) is 0.981. The van der Waals surface area contributed by atoms with E-state index in [0.29, 0.717) is 6.42 Å². The van der Waals surface area contributed by atoms with Gasteiger partial charge in [-0.1, -0.05) is 27.7 Å². The molecular weight excluding hydrogens is 1040 g/mol. The topological polar surface area (TPSA) is 483 Å².